The van der Waals surface area contributed by atoms with Gasteiger partial charge in [0.1, 0.15) is 0 Å². The number of piperidine rings is 1. The zero-order chi connectivity index (χ0) is 26.0. The fraction of sp³-hybridized carbons (Fsp3) is 0.552. The average Bonchev–Trinajstić information content (AvgIpc) is 2.76. The lowest BCUT2D eigenvalue weighted by atomic mass is 9.82. The molecule has 0 aliphatic carbocycles. The van der Waals surface area contributed by atoms with Crippen LogP contribution in [0.3, 0.4) is 0 Å². The van der Waals surface area contributed by atoms with Crippen LogP contribution in [-0.2, 0) is 9.53 Å². The normalized spacial score (nSPS) is 17.2. The van der Waals surface area contributed by atoms with Crippen molar-refractivity contribution in [3.05, 3.63) is 47.6 Å². The maximum absolute atomic E-state index is 12.5. The summed E-state index contributed by atoms with van der Waals surface area (Å²) in [5.74, 6) is -0.557. The van der Waals surface area contributed by atoms with Gasteiger partial charge in [-0.15, -0.1) is 0 Å². The molecule has 3 rings (SSSR count). The van der Waals surface area contributed by atoms with E-state index in [0.29, 0.717) is 17.2 Å². The lowest BCUT2D eigenvalue weighted by Crippen LogP contribution is -2.39. The van der Waals surface area contributed by atoms with Gasteiger partial charge in [0, 0.05) is 47.9 Å². The highest BCUT2D eigenvalue weighted by molar-refractivity contribution is 5.86. The van der Waals surface area contributed by atoms with E-state index in [4.69, 9.17) is 4.74 Å². The monoisotopic (exact) mass is 479 g/mol. The molecule has 6 heteroatoms. The van der Waals surface area contributed by atoms with Gasteiger partial charge in [-0.2, -0.15) is 0 Å². The number of nitrogens with zero attached hydrogens (tertiary/aromatic N) is 3. The van der Waals surface area contributed by atoms with Crippen molar-refractivity contribution in [2.24, 2.45) is 11.3 Å². The number of aromatic nitrogens is 2. The Kier molecular flexibility index (Phi) is 8.05. The van der Waals surface area contributed by atoms with Crippen LogP contribution in [0.4, 0.5) is 5.69 Å². The van der Waals surface area contributed by atoms with E-state index in [0.717, 1.165) is 48.4 Å². The number of pyridine rings is 2. The molecule has 2 aromatic heterocycles. The topological polar surface area (TPSA) is 75.5 Å². The highest BCUT2D eigenvalue weighted by Gasteiger charge is 2.35. The van der Waals surface area contributed by atoms with Crippen molar-refractivity contribution in [1.82, 2.24) is 9.97 Å². The van der Waals surface area contributed by atoms with Gasteiger partial charge in [-0.25, -0.2) is 4.79 Å². The van der Waals surface area contributed by atoms with Crippen LogP contribution >= 0.6 is 0 Å². The number of rotatable bonds is 7. The summed E-state index contributed by atoms with van der Waals surface area (Å²) in [6.45, 7) is 18.1. The molecule has 1 N–H and O–H groups in total. The van der Waals surface area contributed by atoms with E-state index in [1.807, 2.05) is 58.3 Å². The molecule has 0 saturated carbocycles. The Morgan fingerprint density at radius 3 is 2.31 bits per heavy atom. The van der Waals surface area contributed by atoms with Gasteiger partial charge < -0.3 is 14.7 Å². The standard InChI is InChI=1S/C29H41N3O3/c1-19(2)9-11-22-12-10-21(17-31-22)23-18-30-20(3)24(26(27(33)34)35-28(4,5)6)25(23)32-15-13-29(7,8)14-16-32/h9-12,17-19,26H,13-16H2,1-8H3,(H,33,34)/b11-9+/t26-/m0/s1. The van der Waals surface area contributed by atoms with Gasteiger partial charge in [-0.05, 0) is 64.0 Å². The van der Waals surface area contributed by atoms with E-state index in [1.165, 1.54) is 0 Å². The molecule has 0 amide bonds. The molecule has 190 valence electrons. The van der Waals surface area contributed by atoms with Crippen LogP contribution in [0.25, 0.3) is 17.2 Å². The third-order valence-electron chi connectivity index (χ3n) is 6.43. The molecule has 3 heterocycles. The number of hydrogen-bond donors (Lipinski definition) is 1. The first-order valence-corrected chi connectivity index (χ1v) is 12.6. The Hall–Kier alpha value is -2.73. The van der Waals surface area contributed by atoms with Crippen LogP contribution < -0.4 is 4.90 Å². The van der Waals surface area contributed by atoms with Crippen molar-refractivity contribution in [3.63, 3.8) is 0 Å². The van der Waals surface area contributed by atoms with Crippen molar-refractivity contribution in [1.29, 1.82) is 0 Å². The van der Waals surface area contributed by atoms with Crippen LogP contribution in [0.2, 0.25) is 0 Å². The van der Waals surface area contributed by atoms with Gasteiger partial charge in [-0.3, -0.25) is 9.97 Å². The molecule has 1 aliphatic heterocycles. The highest BCUT2D eigenvalue weighted by Crippen LogP contribution is 2.43. The predicted octanol–water partition coefficient (Wildman–Crippen LogP) is 6.69. The van der Waals surface area contributed by atoms with E-state index in [1.54, 1.807) is 0 Å². The SMILES string of the molecule is Cc1ncc(-c2ccc(/C=C/C(C)C)nc2)c(N2CCC(C)(C)CC2)c1[C@H](OC(C)(C)C)C(=O)O. The maximum Gasteiger partial charge on any atom is 0.337 e. The third kappa shape index (κ3) is 6.91. The van der Waals surface area contributed by atoms with Crippen molar-refractivity contribution in [2.75, 3.05) is 18.0 Å². The van der Waals surface area contributed by atoms with Crippen molar-refractivity contribution >= 4 is 17.7 Å². The summed E-state index contributed by atoms with van der Waals surface area (Å²) in [6, 6.07) is 4.04. The molecule has 6 nitrogen and oxygen atoms in total. The lowest BCUT2D eigenvalue weighted by Gasteiger charge is -2.40. The largest absolute Gasteiger partial charge is 0.479 e. The molecule has 1 fully saturated rings. The second-order valence-corrected chi connectivity index (χ2v) is 11.7. The minimum atomic E-state index is -1.12. The van der Waals surface area contributed by atoms with Crippen molar-refractivity contribution in [2.45, 2.75) is 79.9 Å². The second-order valence-electron chi connectivity index (χ2n) is 11.7. The summed E-state index contributed by atoms with van der Waals surface area (Å²) in [6.07, 6.45) is 8.80. The molecule has 35 heavy (non-hydrogen) atoms. The Morgan fingerprint density at radius 2 is 1.80 bits per heavy atom. The number of anilines is 1. The zero-order valence-electron chi connectivity index (χ0n) is 22.6. The number of aryl methyl sites for hydroxylation is 1. The van der Waals surface area contributed by atoms with Gasteiger partial charge in [0.15, 0.2) is 6.10 Å². The van der Waals surface area contributed by atoms with E-state index < -0.39 is 17.7 Å². The molecule has 0 bridgehead atoms. The molecule has 0 aromatic carbocycles. The van der Waals surface area contributed by atoms with Crippen molar-refractivity contribution in [3.8, 4) is 11.1 Å². The Balaban J connectivity index is 2.17. The molecule has 0 spiro atoms. The van der Waals surface area contributed by atoms with Crippen molar-refractivity contribution < 1.29 is 14.6 Å². The Bertz CT molecular complexity index is 1060. The van der Waals surface area contributed by atoms with E-state index in [2.05, 4.69) is 48.6 Å². The molecule has 1 atom stereocenters. The quantitative estimate of drug-likeness (QED) is 0.477. The first-order chi connectivity index (χ1) is 16.3. The molecule has 0 unspecified atom stereocenters. The molecule has 2 aromatic rings. The van der Waals surface area contributed by atoms with Crippen LogP contribution in [0, 0.1) is 18.3 Å². The average molecular weight is 480 g/mol. The molecular weight excluding hydrogens is 438 g/mol. The summed E-state index contributed by atoms with van der Waals surface area (Å²) in [4.78, 5) is 24.1. The first kappa shape index (κ1) is 26.9. The minimum Gasteiger partial charge on any atom is -0.479 e. The number of carboxylic acids is 1. The Morgan fingerprint density at radius 1 is 1.14 bits per heavy atom. The zero-order valence-corrected chi connectivity index (χ0v) is 22.6. The van der Waals surface area contributed by atoms with Crippen LogP contribution in [-0.4, -0.2) is 39.7 Å². The lowest BCUT2D eigenvalue weighted by molar-refractivity contribution is -0.160. The van der Waals surface area contributed by atoms with Gasteiger partial charge in [0.25, 0.3) is 0 Å². The highest BCUT2D eigenvalue weighted by atomic mass is 16.5. The number of hydrogen-bond acceptors (Lipinski definition) is 5. The Labute approximate surface area is 210 Å². The fourth-order valence-electron chi connectivity index (χ4n) is 4.35. The van der Waals surface area contributed by atoms with Gasteiger partial charge >= 0.3 is 5.97 Å². The maximum atomic E-state index is 12.5. The predicted molar refractivity (Wildman–Crippen MR) is 143 cm³/mol. The summed E-state index contributed by atoms with van der Waals surface area (Å²) >= 11 is 0. The first-order valence-electron chi connectivity index (χ1n) is 12.6. The number of carbonyl (C=O) groups is 1. The van der Waals surface area contributed by atoms with Crippen LogP contribution in [0.1, 0.15) is 84.4 Å². The van der Waals surface area contributed by atoms with Gasteiger partial charge in [0.05, 0.1) is 17.0 Å². The summed E-state index contributed by atoms with van der Waals surface area (Å²) in [5, 5.41) is 10.2. The van der Waals surface area contributed by atoms with Crippen LogP contribution in [0.5, 0.6) is 0 Å². The third-order valence-corrected chi connectivity index (χ3v) is 6.43. The molecule has 1 saturated heterocycles. The number of allylic oxidation sites excluding steroid dienone is 1. The number of ether oxygens (including phenoxy) is 1. The second kappa shape index (κ2) is 10.5. The summed E-state index contributed by atoms with van der Waals surface area (Å²) in [7, 11) is 0. The van der Waals surface area contributed by atoms with Gasteiger partial charge in [-0.1, -0.05) is 39.8 Å². The summed E-state index contributed by atoms with van der Waals surface area (Å²) < 4.78 is 6.11. The summed E-state index contributed by atoms with van der Waals surface area (Å²) in [5.41, 5.74) is 4.54. The molecular formula is C29H41N3O3. The molecule has 1 aliphatic rings. The number of aliphatic carboxylic acids is 1. The van der Waals surface area contributed by atoms with E-state index in [-0.39, 0.29) is 5.41 Å². The van der Waals surface area contributed by atoms with Crippen LogP contribution in [0.15, 0.2) is 30.6 Å². The smallest absolute Gasteiger partial charge is 0.337 e. The number of carboxylic acid groups (broad SMARTS) is 1. The fourth-order valence-corrected chi connectivity index (χ4v) is 4.35. The van der Waals surface area contributed by atoms with Gasteiger partial charge in [0.2, 0.25) is 0 Å². The minimum absolute atomic E-state index is 0.263. The van der Waals surface area contributed by atoms with E-state index in [9.17, 15) is 9.90 Å². The molecule has 0 radical (unpaired) electrons. The van der Waals surface area contributed by atoms with E-state index >= 15 is 0 Å².